The van der Waals surface area contributed by atoms with Crippen LogP contribution in [0.15, 0.2) is 40.9 Å². The third-order valence-electron chi connectivity index (χ3n) is 13.0. The normalized spacial score (nSPS) is 22.7. The topological polar surface area (TPSA) is 114 Å². The van der Waals surface area contributed by atoms with Crippen molar-refractivity contribution in [3.8, 4) is 0 Å². The predicted molar refractivity (Wildman–Crippen MR) is 249 cm³/mol. The number of benzene rings is 2. The molecule has 342 valence electrons. The molecule has 0 unspecified atom stereocenters. The van der Waals surface area contributed by atoms with Gasteiger partial charge in [0, 0.05) is 30.7 Å². The second-order valence-electron chi connectivity index (χ2n) is 22.1. The summed E-state index contributed by atoms with van der Waals surface area (Å²) in [4.78, 5) is 27.9. The van der Waals surface area contributed by atoms with E-state index in [0.29, 0.717) is 19.6 Å². The number of hydrogen-bond donors (Lipinski definition) is 0. The molecule has 2 amide bonds. The lowest BCUT2D eigenvalue weighted by atomic mass is 9.49. The van der Waals surface area contributed by atoms with Crippen molar-refractivity contribution in [3.63, 3.8) is 0 Å². The smallest absolute Gasteiger partial charge is 0.444 e. The molecule has 2 aromatic rings. The molecule has 0 saturated carbocycles. The van der Waals surface area contributed by atoms with Crippen molar-refractivity contribution < 1.29 is 47.0 Å². The standard InChI is InChI=1S/C20H30BNO4.C14H18BrNO2.C12H24B2O4/c1-18(2,3)24-17(23)22-11-10-14-8-9-16(12-15(14)13-22)21-25-19(4,5)20(6,7)26-21;1-14(2,3)18-13(17)16-7-6-10-4-5-12(15)8-11(10)9-16;1-9(2)10(3,4)16-13(15-9)14-17-11(5,6)12(7,8)18-14/h8-9,12H,10-11,13H2,1-7H3;4-5,8H,6-7,9H2,1-3H3;1-8H3. The summed E-state index contributed by atoms with van der Waals surface area (Å²) in [6.45, 7) is 38.3. The number of carbonyl (C=O) groups excluding carboxylic acids is 2. The largest absolute Gasteiger partial charge is 0.494 e. The molecular formula is C46H72B3BrN2O10. The van der Waals surface area contributed by atoms with E-state index < -0.39 is 25.2 Å². The lowest BCUT2D eigenvalue weighted by Crippen LogP contribution is -2.41. The van der Waals surface area contributed by atoms with E-state index in [-0.39, 0.29) is 52.9 Å². The fourth-order valence-corrected chi connectivity index (χ4v) is 7.60. The number of rotatable bonds is 2. The van der Waals surface area contributed by atoms with Gasteiger partial charge in [0.2, 0.25) is 0 Å². The molecule has 0 radical (unpaired) electrons. The SMILES string of the molecule is CC(C)(C)OC(=O)N1CCc2ccc(B3OC(C)(C)C(C)(C)O3)cc2C1.CC(C)(C)OC(=O)N1CCc2ccc(Br)cc2C1.CC1(C)OB(B2OC(C)(C)C(C)(C)O2)OC1(C)C. The first-order valence-corrected chi connectivity index (χ1v) is 22.8. The van der Waals surface area contributed by atoms with Crippen LogP contribution in [0.2, 0.25) is 0 Å². The van der Waals surface area contributed by atoms with Gasteiger partial charge in [0.1, 0.15) is 11.2 Å². The molecule has 0 aliphatic carbocycles. The van der Waals surface area contributed by atoms with E-state index in [9.17, 15) is 9.59 Å². The highest BCUT2D eigenvalue weighted by atomic mass is 79.9. The monoisotopic (exact) mass is 924 g/mol. The molecule has 0 bridgehead atoms. The van der Waals surface area contributed by atoms with Crippen LogP contribution in [0.1, 0.15) is 147 Å². The van der Waals surface area contributed by atoms with Gasteiger partial charge in [0.05, 0.1) is 33.6 Å². The molecule has 16 heteroatoms. The van der Waals surface area contributed by atoms with Crippen LogP contribution < -0.4 is 5.46 Å². The lowest BCUT2D eigenvalue weighted by Gasteiger charge is -2.32. The van der Waals surface area contributed by atoms with Crippen molar-refractivity contribution in [2.75, 3.05) is 13.1 Å². The Labute approximate surface area is 381 Å². The molecule has 2 aromatic carbocycles. The second-order valence-corrected chi connectivity index (χ2v) is 23.0. The summed E-state index contributed by atoms with van der Waals surface area (Å²) in [5.41, 5.74) is 2.82. The maximum Gasteiger partial charge on any atom is 0.494 e. The number of halogens is 1. The van der Waals surface area contributed by atoms with Gasteiger partial charge in [-0.1, -0.05) is 40.2 Å². The van der Waals surface area contributed by atoms with Gasteiger partial charge in [-0.3, -0.25) is 0 Å². The van der Waals surface area contributed by atoms with Gasteiger partial charge in [-0.2, -0.15) is 0 Å². The molecule has 0 atom stereocenters. The number of hydrogen-bond acceptors (Lipinski definition) is 10. The minimum absolute atomic E-state index is 0.229. The summed E-state index contributed by atoms with van der Waals surface area (Å²) < 4.78 is 48.1. The predicted octanol–water partition coefficient (Wildman–Crippen LogP) is 9.27. The first kappa shape index (κ1) is 50.4. The quantitative estimate of drug-likeness (QED) is 0.270. The minimum atomic E-state index is -0.484. The zero-order valence-electron chi connectivity index (χ0n) is 40.8. The second kappa shape index (κ2) is 17.7. The highest BCUT2D eigenvalue weighted by molar-refractivity contribution is 9.10. The Morgan fingerprint density at radius 3 is 1.24 bits per heavy atom. The number of carbonyl (C=O) groups is 2. The average Bonchev–Trinajstić information content (AvgIpc) is 3.59. The van der Waals surface area contributed by atoms with E-state index >= 15 is 0 Å². The molecule has 7 rings (SSSR count). The van der Waals surface area contributed by atoms with Crippen molar-refractivity contribution in [2.24, 2.45) is 0 Å². The first-order chi connectivity index (χ1) is 28.1. The van der Waals surface area contributed by atoms with Gasteiger partial charge < -0.3 is 47.2 Å². The van der Waals surface area contributed by atoms with Crippen LogP contribution in [-0.4, -0.2) is 101 Å². The molecule has 5 aliphatic rings. The first-order valence-electron chi connectivity index (χ1n) is 22.0. The number of fused-ring (bicyclic) bond motifs is 2. The van der Waals surface area contributed by atoms with E-state index in [1.54, 1.807) is 9.80 Å². The van der Waals surface area contributed by atoms with E-state index in [2.05, 4.69) is 74.0 Å². The molecular weight excluding hydrogens is 853 g/mol. The fourth-order valence-electron chi connectivity index (χ4n) is 7.19. The molecule has 3 saturated heterocycles. The van der Waals surface area contributed by atoms with Crippen LogP contribution in [-0.2, 0) is 63.3 Å². The van der Waals surface area contributed by atoms with Crippen molar-refractivity contribution in [3.05, 3.63) is 63.1 Å². The van der Waals surface area contributed by atoms with Gasteiger partial charge in [-0.05, 0) is 177 Å². The van der Waals surface area contributed by atoms with Gasteiger partial charge in [-0.25, -0.2) is 9.59 Å². The summed E-state index contributed by atoms with van der Waals surface area (Å²) in [7, 11) is -1.34. The highest BCUT2D eigenvalue weighted by Crippen LogP contribution is 2.43. The Balaban J connectivity index is 0.000000181. The van der Waals surface area contributed by atoms with Gasteiger partial charge >= 0.3 is 33.3 Å². The van der Waals surface area contributed by atoms with Crippen LogP contribution in [0.25, 0.3) is 0 Å². The molecule has 62 heavy (non-hydrogen) atoms. The summed E-state index contributed by atoms with van der Waals surface area (Å²) in [5.74, 6) is 0. The van der Waals surface area contributed by atoms with E-state index in [1.165, 1.54) is 16.7 Å². The number of ether oxygens (including phenoxy) is 2. The van der Waals surface area contributed by atoms with E-state index in [4.69, 9.17) is 37.4 Å². The van der Waals surface area contributed by atoms with Crippen molar-refractivity contribution in [1.82, 2.24) is 9.80 Å². The third kappa shape index (κ3) is 11.8. The van der Waals surface area contributed by atoms with Crippen molar-refractivity contribution >= 4 is 54.7 Å². The minimum Gasteiger partial charge on any atom is -0.444 e. The van der Waals surface area contributed by atoms with Crippen LogP contribution >= 0.6 is 15.9 Å². The summed E-state index contributed by atoms with van der Waals surface area (Å²) in [5, 5.41) is 0. The summed E-state index contributed by atoms with van der Waals surface area (Å²) in [6.07, 6.45) is 1.23. The number of nitrogens with zero attached hydrogens (tertiary/aromatic N) is 2. The molecule has 0 N–H and O–H groups in total. The van der Waals surface area contributed by atoms with Gasteiger partial charge in [0.25, 0.3) is 0 Å². The zero-order valence-corrected chi connectivity index (χ0v) is 42.4. The maximum absolute atomic E-state index is 12.4. The fraction of sp³-hybridized carbons (Fsp3) is 0.696. The van der Waals surface area contributed by atoms with E-state index in [0.717, 1.165) is 34.9 Å². The van der Waals surface area contributed by atoms with Crippen LogP contribution in [0.5, 0.6) is 0 Å². The molecule has 12 nitrogen and oxygen atoms in total. The Kier molecular flexibility index (Phi) is 14.4. The average molecular weight is 925 g/mol. The molecule has 0 aromatic heterocycles. The van der Waals surface area contributed by atoms with Gasteiger partial charge in [-0.15, -0.1) is 0 Å². The van der Waals surface area contributed by atoms with Crippen molar-refractivity contribution in [2.45, 2.75) is 195 Å². The zero-order chi connectivity index (χ0) is 46.6. The Morgan fingerprint density at radius 1 is 0.532 bits per heavy atom. The highest BCUT2D eigenvalue weighted by Gasteiger charge is 2.63. The Bertz CT molecular complexity index is 1880. The van der Waals surface area contributed by atoms with Crippen LogP contribution in [0.3, 0.4) is 0 Å². The van der Waals surface area contributed by atoms with Crippen LogP contribution in [0.4, 0.5) is 9.59 Å². The number of amides is 2. The third-order valence-corrected chi connectivity index (χ3v) is 13.5. The van der Waals surface area contributed by atoms with E-state index in [1.807, 2.05) is 103 Å². The molecule has 5 aliphatic heterocycles. The maximum atomic E-state index is 12.4. The molecule has 5 heterocycles. The summed E-state index contributed by atoms with van der Waals surface area (Å²) in [6, 6.07) is 12.5. The van der Waals surface area contributed by atoms with Crippen molar-refractivity contribution in [1.29, 1.82) is 0 Å². The van der Waals surface area contributed by atoms with Crippen LogP contribution in [0, 0.1) is 0 Å². The summed E-state index contributed by atoms with van der Waals surface area (Å²) >= 11 is 3.46. The molecule has 0 spiro atoms. The molecule has 3 fully saturated rings. The lowest BCUT2D eigenvalue weighted by molar-refractivity contribution is 0.00578. The Hall–Kier alpha value is -2.59. The Morgan fingerprint density at radius 2 is 0.871 bits per heavy atom. The van der Waals surface area contributed by atoms with Gasteiger partial charge in [0.15, 0.2) is 0 Å².